The first-order valence-electron chi connectivity index (χ1n) is 23.1. The fourth-order valence-electron chi connectivity index (χ4n) is 12.1. The summed E-state index contributed by atoms with van der Waals surface area (Å²) in [6.45, 7) is 23.8. The van der Waals surface area contributed by atoms with Crippen LogP contribution < -0.4 is 10.6 Å². The lowest BCUT2D eigenvalue weighted by molar-refractivity contribution is -0.397. The van der Waals surface area contributed by atoms with Gasteiger partial charge in [-0.2, -0.15) is 0 Å². The third kappa shape index (κ3) is 8.04. The van der Waals surface area contributed by atoms with Gasteiger partial charge in [-0.15, -0.1) is 6.58 Å². The molecule has 1 saturated carbocycles. The molecular weight excluding hydrogens is 769 g/mol. The molecule has 4 saturated heterocycles. The van der Waals surface area contributed by atoms with Crippen LogP contribution in [0.1, 0.15) is 140 Å². The quantitative estimate of drug-likeness (QED) is 0.116. The van der Waals surface area contributed by atoms with Gasteiger partial charge >= 0.3 is 12.0 Å². The number of carbonyl (C=O) groups excluding carboxylic acids is 2. The number of carbonyl (C=O) groups is 3. The van der Waals surface area contributed by atoms with Crippen LogP contribution in [-0.4, -0.2) is 105 Å². The topological polar surface area (TPSA) is 182 Å². The lowest BCUT2D eigenvalue weighted by Crippen LogP contribution is -2.66. The molecule has 5 N–H and O–H groups in total. The Morgan fingerprint density at radius 1 is 0.950 bits per heavy atom. The van der Waals surface area contributed by atoms with Crippen molar-refractivity contribution in [2.24, 2.45) is 40.9 Å². The summed E-state index contributed by atoms with van der Waals surface area (Å²) in [7, 11) is 0. The average molecular weight is 845 g/mol. The monoisotopic (exact) mass is 845 g/mol. The average Bonchev–Trinajstić information content (AvgIpc) is 3.67. The van der Waals surface area contributed by atoms with E-state index in [9.17, 15) is 29.7 Å². The van der Waals surface area contributed by atoms with E-state index < -0.39 is 94.0 Å². The highest BCUT2D eigenvalue weighted by Crippen LogP contribution is 2.68. The van der Waals surface area contributed by atoms with Crippen molar-refractivity contribution in [3.8, 4) is 0 Å². The predicted molar refractivity (Wildman–Crippen MR) is 226 cm³/mol. The highest BCUT2D eigenvalue weighted by Gasteiger charge is 2.74. The highest BCUT2D eigenvalue weighted by molar-refractivity contribution is 5.84. The summed E-state index contributed by atoms with van der Waals surface area (Å²) in [4.78, 5) is 40.0. The number of rotatable bonds is 14. The van der Waals surface area contributed by atoms with Crippen molar-refractivity contribution in [2.75, 3.05) is 6.54 Å². The number of aliphatic hydroxyl groups is 2. The van der Waals surface area contributed by atoms with Crippen molar-refractivity contribution in [3.63, 3.8) is 0 Å². The number of hydrogen-bond donors (Lipinski definition) is 5. The number of Topliss-reactive ketones (excluding diaryl/α,β-unsaturated/α-hetero) is 1. The molecule has 0 aromatic carbocycles. The van der Waals surface area contributed by atoms with Gasteiger partial charge < -0.3 is 49.6 Å². The molecule has 3 unspecified atom stereocenters. The summed E-state index contributed by atoms with van der Waals surface area (Å²) in [5.74, 6) is -5.55. The Morgan fingerprint density at radius 2 is 1.65 bits per heavy atom. The van der Waals surface area contributed by atoms with E-state index in [0.29, 0.717) is 64.2 Å². The van der Waals surface area contributed by atoms with E-state index in [-0.39, 0.29) is 36.2 Å². The maximum absolute atomic E-state index is 14.8. The van der Waals surface area contributed by atoms with Crippen LogP contribution in [0.25, 0.3) is 0 Å². The Hall–Kier alpha value is -2.39. The summed E-state index contributed by atoms with van der Waals surface area (Å²) >= 11 is 0. The molecule has 60 heavy (non-hydrogen) atoms. The normalized spacial score (nSPS) is 45.8. The van der Waals surface area contributed by atoms with E-state index in [1.807, 2.05) is 53.7 Å². The van der Waals surface area contributed by atoms with Crippen LogP contribution >= 0.6 is 0 Å². The first kappa shape index (κ1) is 47.1. The molecule has 0 radical (unpaired) electrons. The summed E-state index contributed by atoms with van der Waals surface area (Å²) in [5.41, 5.74) is -3.12. The molecule has 340 valence electrons. The Morgan fingerprint density at radius 3 is 2.27 bits per heavy atom. The van der Waals surface area contributed by atoms with Gasteiger partial charge in [0.15, 0.2) is 11.6 Å². The molecule has 2 amide bonds. The lowest BCUT2D eigenvalue weighted by Gasteiger charge is -2.55. The van der Waals surface area contributed by atoms with Gasteiger partial charge in [-0.3, -0.25) is 9.59 Å². The number of ether oxygens (including phenoxy) is 5. The molecule has 5 heterocycles. The van der Waals surface area contributed by atoms with Gasteiger partial charge in [0.05, 0.1) is 53.2 Å². The van der Waals surface area contributed by atoms with Crippen LogP contribution in [0.3, 0.4) is 0 Å². The van der Waals surface area contributed by atoms with Gasteiger partial charge in [-0.25, -0.2) is 4.79 Å². The summed E-state index contributed by atoms with van der Waals surface area (Å²) in [6.07, 6.45) is 9.10. The van der Waals surface area contributed by atoms with Crippen molar-refractivity contribution in [1.82, 2.24) is 10.6 Å². The molecule has 18 atom stereocenters. The van der Waals surface area contributed by atoms with Crippen molar-refractivity contribution in [2.45, 2.75) is 205 Å². The smallest absolute Gasteiger partial charge is 0.315 e. The maximum atomic E-state index is 14.8. The van der Waals surface area contributed by atoms with Crippen LogP contribution in [0.5, 0.6) is 0 Å². The number of ketones is 1. The first-order chi connectivity index (χ1) is 28.1. The number of urea groups is 1. The maximum Gasteiger partial charge on any atom is 0.315 e. The molecule has 6 aliphatic rings. The predicted octanol–water partition coefficient (Wildman–Crippen LogP) is 6.83. The lowest BCUT2D eigenvalue weighted by atomic mass is 9.72. The van der Waals surface area contributed by atoms with E-state index in [1.54, 1.807) is 13.0 Å². The molecule has 13 nitrogen and oxygen atoms in total. The summed E-state index contributed by atoms with van der Waals surface area (Å²) < 4.78 is 34.7. The number of nitrogens with one attached hydrogen (secondary N) is 2. The second kappa shape index (κ2) is 17.3. The summed E-state index contributed by atoms with van der Waals surface area (Å²) in [5, 5.41) is 39.1. The van der Waals surface area contributed by atoms with Gasteiger partial charge in [0, 0.05) is 36.1 Å². The zero-order chi connectivity index (χ0) is 44.2. The van der Waals surface area contributed by atoms with Crippen molar-refractivity contribution in [1.29, 1.82) is 0 Å². The number of amides is 2. The third-order valence-electron chi connectivity index (χ3n) is 16.4. The standard InChI is InChI=1S/C47H76N2O11/c1-12-24-48-41(54)49-35-18-21-46(60-47(35)23-22-43(11,59-47)36-19-20-44(55,15-4)31(9)56-36)29(7)25-27(5)38(58-46)33(14-3)37(50)30(8)39(51)42(10)26-45(42)28(6)16-17-34(57-45)32(13-2)40(52)53/h12,18,21,27-36,38-39,51,55H,1,13-17,19-20,22-26H2,2-11H3,(H,52,53)(H2,48,49,54)/t27-,28-,29+,30+,31-,32+,33?,34+,35?,36+,38-,39+,42?,43-,44+,45+,46-,47-/m0/s1. The van der Waals surface area contributed by atoms with E-state index >= 15 is 0 Å². The fourth-order valence-corrected chi connectivity index (χ4v) is 12.1. The van der Waals surface area contributed by atoms with Gasteiger partial charge in [0.2, 0.25) is 0 Å². The van der Waals surface area contributed by atoms with Gasteiger partial charge in [0.25, 0.3) is 0 Å². The van der Waals surface area contributed by atoms with E-state index in [4.69, 9.17) is 23.7 Å². The molecule has 0 aromatic rings. The molecular formula is C47H76N2O11. The Kier molecular flexibility index (Phi) is 13.6. The molecule has 0 bridgehead atoms. The van der Waals surface area contributed by atoms with Crippen LogP contribution in [-0.2, 0) is 33.3 Å². The number of carboxylic acids is 1. The molecule has 0 aromatic heterocycles. The molecule has 1 aliphatic carbocycles. The van der Waals surface area contributed by atoms with Gasteiger partial charge in [0.1, 0.15) is 11.8 Å². The molecule has 3 spiro atoms. The first-order valence-corrected chi connectivity index (χ1v) is 23.1. The summed E-state index contributed by atoms with van der Waals surface area (Å²) in [6, 6.07) is -1.08. The molecule has 5 fully saturated rings. The van der Waals surface area contributed by atoms with Crippen molar-refractivity contribution >= 4 is 17.8 Å². The largest absolute Gasteiger partial charge is 0.481 e. The minimum atomic E-state index is -1.34. The molecule has 5 aliphatic heterocycles. The Balaban J connectivity index is 1.24. The number of aliphatic carboxylic acids is 1. The third-order valence-corrected chi connectivity index (χ3v) is 16.4. The Labute approximate surface area is 358 Å². The van der Waals surface area contributed by atoms with Crippen molar-refractivity contribution < 1.29 is 53.4 Å². The highest BCUT2D eigenvalue weighted by atomic mass is 16.8. The zero-order valence-corrected chi connectivity index (χ0v) is 38.0. The minimum absolute atomic E-state index is 0.0196. The van der Waals surface area contributed by atoms with E-state index in [1.165, 1.54) is 0 Å². The van der Waals surface area contributed by atoms with Gasteiger partial charge in [-0.1, -0.05) is 67.5 Å². The molecule has 6 rings (SSSR count). The van der Waals surface area contributed by atoms with Crippen LogP contribution in [0.4, 0.5) is 4.79 Å². The van der Waals surface area contributed by atoms with E-state index in [2.05, 4.69) is 38.0 Å². The molecule has 13 heteroatoms. The van der Waals surface area contributed by atoms with Crippen molar-refractivity contribution in [3.05, 3.63) is 24.8 Å². The number of carboxylic acid groups (broad SMARTS) is 1. The van der Waals surface area contributed by atoms with Crippen LogP contribution in [0.2, 0.25) is 0 Å². The fraction of sp³-hybridized carbons (Fsp3) is 0.851. The van der Waals surface area contributed by atoms with Crippen LogP contribution in [0.15, 0.2) is 24.8 Å². The second-order valence-corrected chi connectivity index (χ2v) is 20.1. The zero-order valence-electron chi connectivity index (χ0n) is 38.0. The second-order valence-electron chi connectivity index (χ2n) is 20.1. The minimum Gasteiger partial charge on any atom is -0.481 e. The Bertz CT molecular complexity index is 1640. The van der Waals surface area contributed by atoms with Crippen LogP contribution in [0, 0.1) is 40.9 Å². The van der Waals surface area contributed by atoms with Gasteiger partial charge in [-0.05, 0) is 96.0 Å². The SMILES string of the molecule is C=CCNC(=O)NC1C=C[C@]2(O[C@H](C(CC)C(=O)[C@@H](C)[C@@H](O)C3(C)C[C@]34O[C@@H]([C@@H](CC)C(=O)O)CC[C@@H]4C)[C@@H](C)C[C@H]2C)O[C@@]12CC[C@@](C)([C@H]1CC[C@](O)(CC)[C@H](C)O1)O2. The number of aliphatic hydroxyl groups excluding tert-OH is 1. The van der Waals surface area contributed by atoms with E-state index in [0.717, 1.165) is 6.42 Å². The number of hydrogen-bond acceptors (Lipinski definition) is 10.